The molecule has 21 heteroatoms. The molecule has 0 aromatic carbocycles. The molecule has 0 spiro atoms. The smallest absolute Gasteiger partial charge is 0.362 e. The number of carboxylic acids is 1. The zero-order valence-electron chi connectivity index (χ0n) is 20.3. The van der Waals surface area contributed by atoms with Gasteiger partial charge in [-0.3, -0.25) is 23.7 Å². The molecule has 0 radical (unpaired) electrons. The lowest BCUT2D eigenvalue weighted by Gasteiger charge is -2.44. The number of nitrogens with zero attached hydrogens (tertiary/aromatic N) is 4. The maximum Gasteiger partial charge on any atom is 0.362 e. The van der Waals surface area contributed by atoms with Crippen molar-refractivity contribution in [3.05, 3.63) is 39.3 Å². The summed E-state index contributed by atoms with van der Waals surface area (Å²) in [7, 11) is -5.18. The van der Waals surface area contributed by atoms with Crippen LogP contribution in [0.1, 0.15) is 30.0 Å². The molecule has 1 aliphatic heterocycles. The number of aromatic hydroxyl groups is 1. The number of anilines is 1. The Morgan fingerprint density at radius 2 is 1.95 bits per heavy atom. The van der Waals surface area contributed by atoms with E-state index in [1.54, 1.807) is 0 Å². The number of amides is 3. The Labute approximate surface area is 227 Å². The van der Waals surface area contributed by atoms with E-state index in [9.17, 15) is 52.4 Å². The van der Waals surface area contributed by atoms with Gasteiger partial charge >= 0.3 is 16.3 Å². The number of carbonyl (C=O) groups is 4. The van der Waals surface area contributed by atoms with Crippen molar-refractivity contribution in [3.8, 4) is 5.75 Å². The van der Waals surface area contributed by atoms with Crippen LogP contribution in [0, 0.1) is 0 Å². The van der Waals surface area contributed by atoms with Gasteiger partial charge in [-0.2, -0.15) is 13.1 Å². The first-order valence-electron chi connectivity index (χ1n) is 10.7. The molecule has 1 aliphatic rings. The number of nitrogens with two attached hydrogens (primary N) is 1. The van der Waals surface area contributed by atoms with Crippen LogP contribution in [0.2, 0.25) is 0 Å². The van der Waals surface area contributed by atoms with Crippen molar-refractivity contribution in [2.24, 2.45) is 5.16 Å². The average molecular weight is 604 g/mol. The van der Waals surface area contributed by atoms with Crippen LogP contribution in [0.15, 0.2) is 27.6 Å². The molecule has 2 aromatic rings. The Hall–Kier alpha value is -4.76. The SMILES string of the molecule is CC(C)(O/N=C(\C(=O)N[C@@H]1C(=O)N(S(=O)(=O)O)[C@@H]1CNC(=O)c1cc(=O)c(O)cn1O)c1csc(N)n1)C(=O)O. The molecular formula is C19H21N7O12S2. The third-order valence-corrected chi connectivity index (χ3v) is 6.90. The number of thiazole rings is 1. The molecule has 40 heavy (non-hydrogen) atoms. The fraction of sp³-hybridized carbons (Fsp3) is 0.316. The van der Waals surface area contributed by atoms with Crippen molar-refractivity contribution < 1.29 is 52.4 Å². The Balaban J connectivity index is 1.86. The van der Waals surface area contributed by atoms with Gasteiger partial charge in [-0.1, -0.05) is 5.16 Å². The highest BCUT2D eigenvalue weighted by molar-refractivity contribution is 7.84. The van der Waals surface area contributed by atoms with Crippen LogP contribution in [-0.2, 0) is 29.5 Å². The van der Waals surface area contributed by atoms with Crippen molar-refractivity contribution >= 4 is 56.2 Å². The van der Waals surface area contributed by atoms with E-state index in [0.717, 1.165) is 25.2 Å². The monoisotopic (exact) mass is 603 g/mol. The van der Waals surface area contributed by atoms with Gasteiger partial charge in [-0.15, -0.1) is 11.3 Å². The molecule has 2 aromatic heterocycles. The number of hydrogen-bond acceptors (Lipinski definition) is 14. The quantitative estimate of drug-likeness (QED) is 0.0480. The third-order valence-electron chi connectivity index (χ3n) is 5.28. The van der Waals surface area contributed by atoms with Gasteiger partial charge < -0.3 is 36.6 Å². The largest absolute Gasteiger partial charge is 0.503 e. The summed E-state index contributed by atoms with van der Waals surface area (Å²) < 4.78 is 33.0. The summed E-state index contributed by atoms with van der Waals surface area (Å²) in [5, 5.41) is 37.4. The summed E-state index contributed by atoms with van der Waals surface area (Å²) in [6, 6.07) is -2.75. The van der Waals surface area contributed by atoms with E-state index in [1.165, 1.54) is 5.38 Å². The number of aromatic nitrogens is 2. The number of pyridine rings is 1. The normalized spacial score (nSPS) is 17.6. The minimum absolute atomic E-state index is 0.0116. The van der Waals surface area contributed by atoms with Gasteiger partial charge in [-0.25, -0.2) is 14.1 Å². The summed E-state index contributed by atoms with van der Waals surface area (Å²) in [5.41, 5.74) is 1.14. The van der Waals surface area contributed by atoms with E-state index in [2.05, 4.69) is 20.8 Å². The molecule has 0 bridgehead atoms. The first kappa shape index (κ1) is 29.8. The number of carboxylic acid groups (broad SMARTS) is 1. The van der Waals surface area contributed by atoms with Crippen molar-refractivity contribution in [2.45, 2.75) is 31.5 Å². The van der Waals surface area contributed by atoms with E-state index >= 15 is 0 Å². The lowest BCUT2D eigenvalue weighted by Crippen LogP contribution is -2.74. The first-order valence-corrected chi connectivity index (χ1v) is 13.0. The minimum Gasteiger partial charge on any atom is -0.503 e. The second kappa shape index (κ2) is 10.8. The van der Waals surface area contributed by atoms with Gasteiger partial charge in [0.15, 0.2) is 16.6 Å². The maximum absolute atomic E-state index is 13.1. The van der Waals surface area contributed by atoms with Crippen LogP contribution in [0.25, 0.3) is 0 Å². The van der Waals surface area contributed by atoms with Crippen molar-refractivity contribution in [3.63, 3.8) is 0 Å². The van der Waals surface area contributed by atoms with Crippen LogP contribution in [-0.4, -0.2) is 96.0 Å². The molecule has 3 rings (SSSR count). The van der Waals surface area contributed by atoms with Crippen molar-refractivity contribution in [2.75, 3.05) is 12.3 Å². The third kappa shape index (κ3) is 6.10. The molecule has 3 amide bonds. The Morgan fingerprint density at radius 3 is 2.50 bits per heavy atom. The number of nitrogen functional groups attached to an aromatic ring is 1. The zero-order chi connectivity index (χ0) is 30.2. The van der Waals surface area contributed by atoms with E-state index < -0.39 is 80.8 Å². The molecule has 1 saturated heterocycles. The first-order chi connectivity index (χ1) is 18.4. The van der Waals surface area contributed by atoms with Crippen LogP contribution in [0.4, 0.5) is 5.13 Å². The van der Waals surface area contributed by atoms with Crippen molar-refractivity contribution in [1.82, 2.24) is 24.7 Å². The summed E-state index contributed by atoms with van der Waals surface area (Å²) in [5.74, 6) is -5.99. The number of oxime groups is 1. The molecule has 3 heterocycles. The number of aliphatic carboxylic acids is 1. The number of hydrogen-bond donors (Lipinski definition) is 7. The Bertz CT molecular complexity index is 1580. The molecule has 2 atom stereocenters. The standard InChI is InChI=1S/C19H21N7O12S2/c1-19(2,17(32)33)38-24-12(7-6-39-18(20)22-7)15(30)23-13-9(26(16(13)31)40(35,36)37)4-21-14(29)8-3-10(27)11(28)5-25(8)34/h3,5-6,9,13,28,34H,4H2,1-2H3,(H2,20,22)(H,21,29)(H,23,30)(H,32,33)(H,35,36,37)/b24-12-/t9-,13+/m1/s1. The summed E-state index contributed by atoms with van der Waals surface area (Å²) in [6.45, 7) is 1.51. The lowest BCUT2D eigenvalue weighted by molar-refractivity contribution is -0.161. The zero-order valence-corrected chi connectivity index (χ0v) is 22.0. The number of nitrogens with one attached hydrogen (secondary N) is 2. The van der Waals surface area contributed by atoms with Gasteiger partial charge in [0.1, 0.15) is 17.4 Å². The fourth-order valence-electron chi connectivity index (χ4n) is 3.14. The Morgan fingerprint density at radius 1 is 1.30 bits per heavy atom. The number of β-lactam (4-membered cyclic amide) rings is 1. The maximum atomic E-state index is 13.1. The molecule has 1 fully saturated rings. The summed E-state index contributed by atoms with van der Waals surface area (Å²) in [6.07, 6.45) is 0.525. The molecule has 0 unspecified atom stereocenters. The number of rotatable bonds is 10. The fourth-order valence-corrected chi connectivity index (χ4v) is 4.57. The molecule has 0 aliphatic carbocycles. The lowest BCUT2D eigenvalue weighted by atomic mass is 9.98. The van der Waals surface area contributed by atoms with E-state index in [4.69, 9.17) is 10.6 Å². The van der Waals surface area contributed by atoms with Gasteiger partial charge in [0, 0.05) is 18.0 Å². The minimum atomic E-state index is -5.18. The van der Waals surface area contributed by atoms with Crippen molar-refractivity contribution in [1.29, 1.82) is 0 Å². The van der Waals surface area contributed by atoms with Gasteiger partial charge in [0.25, 0.3) is 17.7 Å². The predicted molar refractivity (Wildman–Crippen MR) is 132 cm³/mol. The summed E-state index contributed by atoms with van der Waals surface area (Å²) >= 11 is 0.884. The van der Waals surface area contributed by atoms with Crippen LogP contribution in [0.5, 0.6) is 5.75 Å². The Kier molecular flexibility index (Phi) is 8.03. The van der Waals surface area contributed by atoms with Crippen LogP contribution in [0.3, 0.4) is 0 Å². The second-order valence-corrected chi connectivity index (χ2v) is 10.7. The van der Waals surface area contributed by atoms with Crippen LogP contribution >= 0.6 is 11.3 Å². The van der Waals surface area contributed by atoms with E-state index in [-0.39, 0.29) is 19.9 Å². The average Bonchev–Trinajstić information content (AvgIpc) is 3.26. The predicted octanol–water partition coefficient (Wildman–Crippen LogP) is -2.66. The topological polar surface area (TPSA) is 293 Å². The molecule has 216 valence electrons. The highest BCUT2D eigenvalue weighted by Gasteiger charge is 2.54. The number of carbonyl (C=O) groups excluding carboxylic acids is 3. The van der Waals surface area contributed by atoms with E-state index in [1.807, 2.05) is 0 Å². The highest BCUT2D eigenvalue weighted by atomic mass is 32.2. The van der Waals surface area contributed by atoms with E-state index in [0.29, 0.717) is 12.3 Å². The van der Waals surface area contributed by atoms with Crippen LogP contribution < -0.4 is 21.8 Å². The second-order valence-electron chi connectivity index (χ2n) is 8.51. The summed E-state index contributed by atoms with van der Waals surface area (Å²) in [4.78, 5) is 69.8. The van der Waals surface area contributed by atoms with Gasteiger partial charge in [-0.05, 0) is 13.8 Å². The molecular weight excluding hydrogens is 582 g/mol. The molecule has 19 nitrogen and oxygen atoms in total. The molecule has 8 N–H and O–H groups in total. The van der Waals surface area contributed by atoms with Gasteiger partial charge in [0.2, 0.25) is 11.0 Å². The molecule has 0 saturated carbocycles. The highest BCUT2D eigenvalue weighted by Crippen LogP contribution is 2.24. The van der Waals surface area contributed by atoms with Gasteiger partial charge in [0.05, 0.1) is 12.2 Å².